The first-order valence-corrected chi connectivity index (χ1v) is 7.92. The van der Waals surface area contributed by atoms with Gasteiger partial charge in [-0.25, -0.2) is 0 Å². The molecule has 0 amide bonds. The lowest BCUT2D eigenvalue weighted by atomic mass is 10.2. The monoisotopic (exact) mass is 220 g/mol. The van der Waals surface area contributed by atoms with Crippen LogP contribution in [0.25, 0.3) is 0 Å². The molecule has 0 radical (unpaired) electrons. The number of rotatable bonds is 4. The van der Waals surface area contributed by atoms with Gasteiger partial charge >= 0.3 is 0 Å². The summed E-state index contributed by atoms with van der Waals surface area (Å²) in [6, 6.07) is 12.2. The number of benzene rings is 1. The molecule has 2 heteroatoms. The lowest BCUT2D eigenvalue weighted by molar-refractivity contribution is 0.0650. The Morgan fingerprint density at radius 3 is 2.80 bits per heavy atom. The Morgan fingerprint density at radius 2 is 2.07 bits per heavy atom. The molecule has 1 nitrogen and oxygen atoms in total. The van der Waals surface area contributed by atoms with Crippen molar-refractivity contribution >= 4 is 9.52 Å². The summed E-state index contributed by atoms with van der Waals surface area (Å²) in [5, 5.41) is 0. The second-order valence-electron chi connectivity index (χ2n) is 4.37. The van der Waals surface area contributed by atoms with Gasteiger partial charge in [0.05, 0.1) is 9.52 Å². The molecule has 1 heterocycles. The van der Waals surface area contributed by atoms with E-state index in [0.29, 0.717) is 5.73 Å². The molecule has 1 aromatic carbocycles. The fourth-order valence-electron chi connectivity index (χ4n) is 2.21. The van der Waals surface area contributed by atoms with Crippen molar-refractivity contribution < 1.29 is 4.74 Å². The van der Waals surface area contributed by atoms with Crippen LogP contribution in [0.4, 0.5) is 0 Å². The molecule has 1 fully saturated rings. The van der Waals surface area contributed by atoms with Crippen molar-refractivity contribution in [3.8, 4) is 0 Å². The summed E-state index contributed by atoms with van der Waals surface area (Å²) in [4.78, 5) is 0. The van der Waals surface area contributed by atoms with Gasteiger partial charge in [0.15, 0.2) is 0 Å². The fourth-order valence-corrected chi connectivity index (χ4v) is 4.19. The van der Waals surface area contributed by atoms with Crippen LogP contribution < -0.4 is 0 Å². The third-order valence-corrected chi connectivity index (χ3v) is 5.16. The van der Waals surface area contributed by atoms with Gasteiger partial charge in [-0.1, -0.05) is 36.4 Å². The van der Waals surface area contributed by atoms with Gasteiger partial charge in [0.25, 0.3) is 0 Å². The van der Waals surface area contributed by atoms with E-state index in [1.54, 1.807) is 0 Å². The minimum atomic E-state index is -0.000508. The highest BCUT2D eigenvalue weighted by Gasteiger charge is 2.13. The van der Waals surface area contributed by atoms with Gasteiger partial charge in [0.2, 0.25) is 0 Å². The molecular weight excluding hydrogens is 200 g/mol. The zero-order valence-corrected chi connectivity index (χ0v) is 10.7. The van der Waals surface area contributed by atoms with Gasteiger partial charge in [-0.2, -0.15) is 0 Å². The molecule has 1 saturated heterocycles. The first-order chi connectivity index (χ1) is 7.45. The van der Waals surface area contributed by atoms with Gasteiger partial charge < -0.3 is 4.74 Å². The van der Waals surface area contributed by atoms with E-state index in [0.717, 1.165) is 6.61 Å². The molecule has 1 atom stereocenters. The minimum absolute atomic E-state index is 0.000508. The maximum atomic E-state index is 5.78. The Hall–Kier alpha value is -0.603. The Bertz CT molecular complexity index is 267. The Labute approximate surface area is 94.7 Å². The van der Waals surface area contributed by atoms with E-state index in [-0.39, 0.29) is 9.52 Å². The van der Waals surface area contributed by atoms with Gasteiger partial charge in [0, 0.05) is 12.3 Å². The molecule has 0 aliphatic carbocycles. The fraction of sp³-hybridized carbons (Fsp3) is 0.538. The van der Waals surface area contributed by atoms with Gasteiger partial charge in [-0.15, -0.1) is 0 Å². The highest BCUT2D eigenvalue weighted by molar-refractivity contribution is 6.37. The smallest absolute Gasteiger partial charge is 0.0559 e. The molecule has 0 spiro atoms. The summed E-state index contributed by atoms with van der Waals surface area (Å²) in [5.41, 5.74) is 2.17. The van der Waals surface area contributed by atoms with Crippen LogP contribution in [-0.2, 0) is 11.2 Å². The van der Waals surface area contributed by atoms with Crippen molar-refractivity contribution in [3.05, 3.63) is 35.9 Å². The van der Waals surface area contributed by atoms with Crippen molar-refractivity contribution in [1.82, 2.24) is 0 Å². The van der Waals surface area contributed by atoms with Crippen LogP contribution in [0, 0.1) is 0 Å². The van der Waals surface area contributed by atoms with E-state index in [1.165, 1.54) is 37.3 Å². The second kappa shape index (κ2) is 6.08. The highest BCUT2D eigenvalue weighted by Crippen LogP contribution is 2.13. The first kappa shape index (κ1) is 10.9. The van der Waals surface area contributed by atoms with Crippen LogP contribution in [0.15, 0.2) is 30.3 Å². The lowest BCUT2D eigenvalue weighted by Gasteiger charge is -2.22. The topological polar surface area (TPSA) is 9.23 Å². The maximum absolute atomic E-state index is 5.78. The van der Waals surface area contributed by atoms with Crippen molar-refractivity contribution in [2.75, 3.05) is 6.61 Å². The van der Waals surface area contributed by atoms with Gasteiger partial charge in [0.1, 0.15) is 0 Å². The third-order valence-electron chi connectivity index (χ3n) is 3.11. The molecular formula is C13H20OSi. The molecule has 1 aliphatic rings. The molecule has 82 valence electrons. The zero-order valence-electron chi connectivity index (χ0n) is 9.32. The number of aryl methyl sites for hydroxylation is 1. The van der Waals surface area contributed by atoms with Crippen LogP contribution in [0.1, 0.15) is 24.8 Å². The summed E-state index contributed by atoms with van der Waals surface area (Å²) in [5.74, 6) is 0. The van der Waals surface area contributed by atoms with Crippen molar-refractivity contribution in [3.63, 3.8) is 0 Å². The van der Waals surface area contributed by atoms with Crippen LogP contribution in [-0.4, -0.2) is 21.9 Å². The first-order valence-electron chi connectivity index (χ1n) is 6.11. The van der Waals surface area contributed by atoms with Gasteiger partial charge in [-0.3, -0.25) is 0 Å². The Kier molecular flexibility index (Phi) is 4.42. The number of hydrogen-bond donors (Lipinski definition) is 0. The summed E-state index contributed by atoms with van der Waals surface area (Å²) >= 11 is 0. The standard InChI is InChI=1S/C13H20OSi/c1-2-6-12(7-3-1)9-11-15-13-8-4-5-10-14-13/h1-3,6-7,13H,4-5,8-11,15H2. The second-order valence-corrected chi connectivity index (χ2v) is 6.56. The zero-order chi connectivity index (χ0) is 10.3. The Balaban J connectivity index is 1.66. The van der Waals surface area contributed by atoms with E-state index in [4.69, 9.17) is 4.74 Å². The molecule has 1 aromatic rings. The summed E-state index contributed by atoms with van der Waals surface area (Å²) in [6.45, 7) is 1.02. The van der Waals surface area contributed by atoms with E-state index >= 15 is 0 Å². The van der Waals surface area contributed by atoms with Crippen LogP contribution in [0.3, 0.4) is 0 Å². The van der Waals surface area contributed by atoms with Crippen LogP contribution >= 0.6 is 0 Å². The van der Waals surface area contributed by atoms with Crippen molar-refractivity contribution in [2.45, 2.75) is 37.5 Å². The summed E-state index contributed by atoms with van der Waals surface area (Å²) in [7, 11) is -0.000508. The highest BCUT2D eigenvalue weighted by atomic mass is 28.2. The quantitative estimate of drug-likeness (QED) is 0.708. The summed E-state index contributed by atoms with van der Waals surface area (Å²) < 4.78 is 5.78. The molecule has 0 N–H and O–H groups in total. The average molecular weight is 220 g/mol. The molecule has 0 saturated carbocycles. The molecule has 1 aliphatic heterocycles. The largest absolute Gasteiger partial charge is 0.382 e. The van der Waals surface area contributed by atoms with E-state index in [1.807, 2.05) is 0 Å². The molecule has 0 aromatic heterocycles. The Morgan fingerprint density at radius 1 is 1.20 bits per heavy atom. The molecule has 2 rings (SSSR count). The molecule has 0 bridgehead atoms. The van der Waals surface area contributed by atoms with Crippen LogP contribution in [0.2, 0.25) is 6.04 Å². The van der Waals surface area contributed by atoms with Crippen LogP contribution in [0.5, 0.6) is 0 Å². The maximum Gasteiger partial charge on any atom is 0.0559 e. The summed E-state index contributed by atoms with van der Waals surface area (Å²) in [6.07, 6.45) is 5.26. The average Bonchev–Trinajstić information content (AvgIpc) is 2.32. The van der Waals surface area contributed by atoms with Crippen molar-refractivity contribution in [1.29, 1.82) is 0 Å². The van der Waals surface area contributed by atoms with E-state index in [9.17, 15) is 0 Å². The molecule has 1 unspecified atom stereocenters. The SMILES string of the molecule is c1ccc(CC[SiH2]C2CCCCO2)cc1. The molecule has 15 heavy (non-hydrogen) atoms. The van der Waals surface area contributed by atoms with Gasteiger partial charge in [-0.05, 0) is 31.2 Å². The number of hydrogen-bond acceptors (Lipinski definition) is 1. The lowest BCUT2D eigenvalue weighted by Crippen LogP contribution is -2.25. The normalized spacial score (nSPS) is 22.3. The van der Waals surface area contributed by atoms with Crippen molar-refractivity contribution in [2.24, 2.45) is 0 Å². The minimum Gasteiger partial charge on any atom is -0.382 e. The predicted octanol–water partition coefficient (Wildman–Crippen LogP) is 2.34. The predicted molar refractivity (Wildman–Crippen MR) is 67.1 cm³/mol. The van der Waals surface area contributed by atoms with E-state index < -0.39 is 0 Å². The third kappa shape index (κ3) is 3.80. The number of ether oxygens (including phenoxy) is 1. The van der Waals surface area contributed by atoms with E-state index in [2.05, 4.69) is 30.3 Å².